The summed E-state index contributed by atoms with van der Waals surface area (Å²) < 4.78 is 33.5. The molecule has 0 aromatic heterocycles. The maximum atomic E-state index is 12.7. The molecule has 25 heteroatoms. The second-order valence-corrected chi connectivity index (χ2v) is 14.3. The third-order valence-corrected chi connectivity index (χ3v) is 9.98. The summed E-state index contributed by atoms with van der Waals surface area (Å²) in [7, 11) is 0. The number of aliphatic hydroxyl groups is 11. The molecule has 0 saturated carbocycles. The van der Waals surface area contributed by atoms with Gasteiger partial charge >= 0.3 is 29.6 Å². The molecule has 3 fully saturated rings. The van der Waals surface area contributed by atoms with Crippen molar-refractivity contribution in [2.75, 3.05) is 33.0 Å². The number of carbonyl (C=O) groups excluding carboxylic acids is 3. The molecule has 15 N–H and O–H groups in total. The first-order chi connectivity index (χ1) is 27.4. The van der Waals surface area contributed by atoms with E-state index >= 15 is 0 Å². The Morgan fingerprint density at radius 3 is 2.14 bits per heavy atom. The molecule has 3 heterocycles. The molecule has 2 amide bonds. The van der Waals surface area contributed by atoms with Crippen molar-refractivity contribution in [1.82, 2.24) is 10.6 Å². The van der Waals surface area contributed by atoms with Crippen molar-refractivity contribution in [3.05, 3.63) is 12.7 Å². The molecule has 0 spiro atoms. The Morgan fingerprint density at radius 2 is 1.58 bits per heavy atom. The van der Waals surface area contributed by atoms with Crippen molar-refractivity contribution >= 4 is 17.8 Å². The van der Waals surface area contributed by atoms with E-state index in [0.29, 0.717) is 25.8 Å². The molecular weight excluding hydrogens is 809 g/mol. The Hall–Kier alpha value is -1.57. The number of unbranched alkanes of at least 4 members (excludes halogenated alkanes) is 2. The molecule has 0 bridgehead atoms. The van der Waals surface area contributed by atoms with E-state index in [1.807, 2.05) is 0 Å². The predicted molar refractivity (Wildman–Crippen MR) is 187 cm³/mol. The molecular formula is C34H58N3NaO21. The Kier molecular flexibility index (Phi) is 22.6. The monoisotopic (exact) mass is 867 g/mol. The van der Waals surface area contributed by atoms with Crippen LogP contribution in [0.2, 0.25) is 0 Å². The van der Waals surface area contributed by atoms with Crippen LogP contribution in [0, 0.1) is 0 Å². The van der Waals surface area contributed by atoms with Crippen LogP contribution in [0.1, 0.15) is 39.0 Å². The minimum absolute atomic E-state index is 0. The fourth-order valence-electron chi connectivity index (χ4n) is 6.75. The number of nitrogens with one attached hydrogen (secondary N) is 2. The minimum Gasteiger partial charge on any atom is -0.544 e. The average molecular weight is 868 g/mol. The van der Waals surface area contributed by atoms with Crippen molar-refractivity contribution in [3.8, 4) is 0 Å². The topological polar surface area (TPSA) is 402 Å². The summed E-state index contributed by atoms with van der Waals surface area (Å²) in [6, 6.07) is -2.70. The number of carbonyl (C=O) groups is 3. The second kappa shape index (κ2) is 24.9. The second-order valence-electron chi connectivity index (χ2n) is 14.3. The zero-order valence-electron chi connectivity index (χ0n) is 32.7. The summed E-state index contributed by atoms with van der Waals surface area (Å²) in [5.74, 6) is -6.65. The van der Waals surface area contributed by atoms with E-state index in [4.69, 9.17) is 34.2 Å². The third-order valence-electron chi connectivity index (χ3n) is 9.98. The van der Waals surface area contributed by atoms with Gasteiger partial charge in [-0.1, -0.05) is 12.5 Å². The van der Waals surface area contributed by atoms with Crippen molar-refractivity contribution in [3.63, 3.8) is 0 Å². The first-order valence-corrected chi connectivity index (χ1v) is 18.7. The van der Waals surface area contributed by atoms with Gasteiger partial charge in [-0.25, -0.2) is 0 Å². The van der Waals surface area contributed by atoms with E-state index in [-0.39, 0.29) is 36.0 Å². The molecule has 3 saturated heterocycles. The first-order valence-electron chi connectivity index (χ1n) is 18.7. The van der Waals surface area contributed by atoms with Crippen molar-refractivity contribution in [2.45, 2.75) is 149 Å². The van der Waals surface area contributed by atoms with Crippen molar-refractivity contribution < 1.29 is 134 Å². The van der Waals surface area contributed by atoms with Gasteiger partial charge in [-0.15, -0.1) is 6.58 Å². The zero-order valence-corrected chi connectivity index (χ0v) is 34.7. The van der Waals surface area contributed by atoms with Crippen LogP contribution in [0.4, 0.5) is 0 Å². The smallest absolute Gasteiger partial charge is 0.544 e. The Balaban J connectivity index is 0.0000120. The number of hydrogen-bond acceptors (Lipinski definition) is 22. The molecule has 0 radical (unpaired) electrons. The third kappa shape index (κ3) is 13.7. The van der Waals surface area contributed by atoms with E-state index in [1.165, 1.54) is 0 Å². The maximum Gasteiger partial charge on any atom is 1.00 e. The summed E-state index contributed by atoms with van der Waals surface area (Å²) in [5.41, 5.74) is 5.47. The van der Waals surface area contributed by atoms with Gasteiger partial charge in [-0.3, -0.25) is 9.59 Å². The first kappa shape index (κ1) is 53.6. The number of amides is 2. The molecule has 24 nitrogen and oxygen atoms in total. The number of rotatable bonds is 22. The Bertz CT molecular complexity index is 1330. The van der Waals surface area contributed by atoms with Crippen LogP contribution in [-0.4, -0.2) is 217 Å². The van der Waals surface area contributed by atoms with Crippen molar-refractivity contribution in [2.24, 2.45) is 5.73 Å². The number of carboxylic acid groups (broad SMARTS) is 1. The molecule has 0 aromatic rings. The van der Waals surface area contributed by atoms with E-state index in [9.17, 15) is 75.7 Å². The molecule has 336 valence electrons. The number of carboxylic acids is 1. The van der Waals surface area contributed by atoms with E-state index < -0.39 is 160 Å². The Labute approximate surface area is 361 Å². The summed E-state index contributed by atoms with van der Waals surface area (Å²) in [5, 5.41) is 134. The number of hydrogen-bond donors (Lipinski definition) is 14. The minimum atomic E-state index is -3.19. The Morgan fingerprint density at radius 1 is 0.932 bits per heavy atom. The van der Waals surface area contributed by atoms with E-state index in [0.717, 1.165) is 13.0 Å². The van der Waals surface area contributed by atoms with Crippen LogP contribution in [-0.2, 0) is 42.8 Å². The van der Waals surface area contributed by atoms with Gasteiger partial charge in [0, 0.05) is 19.8 Å². The van der Waals surface area contributed by atoms with Gasteiger partial charge in [0.1, 0.15) is 73.1 Å². The van der Waals surface area contributed by atoms with Crippen molar-refractivity contribution in [1.29, 1.82) is 0 Å². The average Bonchev–Trinajstić information content (AvgIpc) is 3.19. The van der Waals surface area contributed by atoms with Gasteiger partial charge < -0.3 is 111 Å². The van der Waals surface area contributed by atoms with Gasteiger partial charge in [0.2, 0.25) is 17.6 Å². The maximum absolute atomic E-state index is 12.7. The number of aliphatic carboxylic acids is 1. The summed E-state index contributed by atoms with van der Waals surface area (Å²) in [6.07, 6.45) is -26.9. The fourth-order valence-corrected chi connectivity index (χ4v) is 6.75. The summed E-state index contributed by atoms with van der Waals surface area (Å²) in [4.78, 5) is 37.0. The van der Waals surface area contributed by atoms with Crippen LogP contribution in [0.3, 0.4) is 0 Å². The number of aliphatic hydroxyl groups excluding tert-OH is 11. The van der Waals surface area contributed by atoms with Gasteiger partial charge in [-0.05, 0) is 19.4 Å². The van der Waals surface area contributed by atoms with Crippen LogP contribution in [0.25, 0.3) is 0 Å². The molecule has 0 aromatic carbocycles. The predicted octanol–water partition coefficient (Wildman–Crippen LogP) is -12.0. The van der Waals surface area contributed by atoms with E-state index in [1.54, 1.807) is 0 Å². The van der Waals surface area contributed by atoms with Crippen LogP contribution >= 0.6 is 0 Å². The van der Waals surface area contributed by atoms with Gasteiger partial charge in [0.25, 0.3) is 0 Å². The molecule has 0 aliphatic carbocycles. The molecule has 3 rings (SSSR count). The molecule has 0 unspecified atom stereocenters. The molecule has 18 atom stereocenters. The standard InChI is InChI=1S/C34H59N3O21.Na/c1-3-16(42)15(37-21(45)7-5-4-6-8-35)13-53-31-26(49)25(48)28(20(12-40)55-31)56-32-27(50)30(24(47)19(11-39)54-32)58-34(33(51)52)9-17(43)22(36-14(2)41)29(57-34)23(46)18(44)10-38;/h3,15-20,22-32,38-40,42-44,46-50H,1,4-13,35H2,2H3,(H,36,41)(H,37,45)(H,51,52);/q;+1/p-1/t15-,16+,17-,18+,19+,20+,22+,23+,24-,25+,26+,27+,28+,29+,30-,31+,32-,34-;/m0./s1. The van der Waals surface area contributed by atoms with E-state index in [2.05, 4.69) is 17.2 Å². The van der Waals surface area contributed by atoms with Crippen LogP contribution in [0.5, 0.6) is 0 Å². The van der Waals surface area contributed by atoms with Gasteiger partial charge in [-0.2, -0.15) is 0 Å². The molecule has 3 aliphatic rings. The largest absolute Gasteiger partial charge is 1.00 e. The summed E-state index contributed by atoms with van der Waals surface area (Å²) >= 11 is 0. The molecule has 3 aliphatic heterocycles. The van der Waals surface area contributed by atoms with Crippen LogP contribution < -0.4 is 51.0 Å². The van der Waals surface area contributed by atoms with Crippen LogP contribution in [0.15, 0.2) is 12.7 Å². The zero-order chi connectivity index (χ0) is 43.5. The normalized spacial score (nSPS) is 36.9. The SMILES string of the molecule is C=C[C@@H](O)[C@H](CO[C@@H]1O[C@H](CO)[C@@H](O[C@@H]2O[C@H](CO)[C@H](O)[C@H](O[C@]3(C(=O)[O-])C[C@H](O)[C@@H](NC(C)=O)[C@H]([C@H](O)[C@H](O)CO)O3)[C@H]2O)[C@H](O)[C@H]1O)NC(=O)CCCCCN.[Na+]. The van der Waals surface area contributed by atoms with Gasteiger partial charge in [0.15, 0.2) is 12.6 Å². The number of ether oxygens (including phenoxy) is 6. The fraction of sp³-hybridized carbons (Fsp3) is 0.853. The molecule has 59 heavy (non-hydrogen) atoms. The summed E-state index contributed by atoms with van der Waals surface area (Å²) in [6.45, 7) is 1.43. The number of nitrogens with two attached hydrogens (primary N) is 1. The quantitative estimate of drug-likeness (QED) is 0.0273. The van der Waals surface area contributed by atoms with Gasteiger partial charge in [0.05, 0.1) is 50.7 Å².